The number of amides is 2. The molecule has 1 saturated heterocycles. The van der Waals surface area contributed by atoms with Crippen molar-refractivity contribution >= 4 is 40.2 Å². The number of nitrogens with zero attached hydrogens (tertiary/aromatic N) is 3. The molecule has 2 aromatic carbocycles. The summed E-state index contributed by atoms with van der Waals surface area (Å²) in [5, 5.41) is 5.53. The molecule has 2 aliphatic rings. The van der Waals surface area contributed by atoms with E-state index >= 15 is 0 Å². The number of para-hydroxylation sites is 2. The zero-order valence-corrected chi connectivity index (χ0v) is 16.2. The van der Waals surface area contributed by atoms with Gasteiger partial charge < -0.3 is 15.5 Å². The fourth-order valence-corrected chi connectivity index (χ4v) is 4.10. The monoisotopic (exact) mass is 405 g/mol. The molecule has 152 valence electrons. The number of carbonyl (C=O) groups excluding carboxylic acids is 2. The Morgan fingerprint density at radius 1 is 1.10 bits per heavy atom. The number of hydrogen-bond donors (Lipinski definition) is 2. The minimum Gasteiger partial charge on any atom is -0.354 e. The molecular weight excluding hydrogens is 385 g/mol. The van der Waals surface area contributed by atoms with Crippen molar-refractivity contribution in [2.75, 3.05) is 28.6 Å². The minimum absolute atomic E-state index is 0.00940. The first-order chi connectivity index (χ1) is 14.6. The number of hydrogen-bond acceptors (Lipinski definition) is 5. The van der Waals surface area contributed by atoms with Crippen molar-refractivity contribution in [3.8, 4) is 0 Å². The molecule has 0 unspecified atom stereocenters. The van der Waals surface area contributed by atoms with Gasteiger partial charge in [0.15, 0.2) is 11.6 Å². The summed E-state index contributed by atoms with van der Waals surface area (Å²) in [6.07, 6.45) is 2.11. The lowest BCUT2D eigenvalue weighted by molar-refractivity contribution is -0.123. The second-order valence-electron chi connectivity index (χ2n) is 7.60. The quantitative estimate of drug-likeness (QED) is 0.697. The van der Waals surface area contributed by atoms with E-state index in [9.17, 15) is 14.0 Å². The van der Waals surface area contributed by atoms with Crippen LogP contribution in [0.25, 0.3) is 11.0 Å². The Hall–Kier alpha value is -3.55. The number of nitrogens with one attached hydrogen (secondary N) is 2. The summed E-state index contributed by atoms with van der Waals surface area (Å²) in [6, 6.07) is 11.6. The summed E-state index contributed by atoms with van der Waals surface area (Å²) >= 11 is 0. The van der Waals surface area contributed by atoms with Gasteiger partial charge in [-0.1, -0.05) is 18.2 Å². The van der Waals surface area contributed by atoms with Gasteiger partial charge in [0, 0.05) is 25.2 Å². The number of carbonyl (C=O) groups is 2. The lowest BCUT2D eigenvalue weighted by Crippen LogP contribution is -2.32. The van der Waals surface area contributed by atoms with Crippen LogP contribution in [0.15, 0.2) is 42.5 Å². The van der Waals surface area contributed by atoms with E-state index in [2.05, 4.69) is 20.5 Å². The summed E-state index contributed by atoms with van der Waals surface area (Å²) in [6.45, 7) is 1.70. The third-order valence-electron chi connectivity index (χ3n) is 5.57. The highest BCUT2D eigenvalue weighted by Gasteiger charge is 2.32. The van der Waals surface area contributed by atoms with Crippen molar-refractivity contribution in [1.29, 1.82) is 0 Å². The molecule has 3 heterocycles. The van der Waals surface area contributed by atoms with Gasteiger partial charge in [0.1, 0.15) is 5.82 Å². The molecule has 1 aromatic heterocycles. The second kappa shape index (κ2) is 7.37. The van der Waals surface area contributed by atoms with Gasteiger partial charge in [0.2, 0.25) is 11.8 Å². The number of fused-ring (bicyclic) bond motifs is 2. The van der Waals surface area contributed by atoms with Gasteiger partial charge in [-0.2, -0.15) is 0 Å². The average Bonchev–Trinajstić information content (AvgIpc) is 3.27. The highest BCUT2D eigenvalue weighted by Crippen LogP contribution is 2.35. The third-order valence-corrected chi connectivity index (χ3v) is 5.57. The molecule has 0 spiro atoms. The molecule has 5 rings (SSSR count). The van der Waals surface area contributed by atoms with Crippen LogP contribution in [0.4, 0.5) is 21.7 Å². The predicted octanol–water partition coefficient (Wildman–Crippen LogP) is 3.43. The topological polar surface area (TPSA) is 87.2 Å². The molecule has 2 aliphatic heterocycles. The molecule has 0 radical (unpaired) electrons. The van der Waals surface area contributed by atoms with Crippen LogP contribution < -0.4 is 15.5 Å². The smallest absolute Gasteiger partial charge is 0.233 e. The number of aromatic nitrogens is 2. The van der Waals surface area contributed by atoms with Gasteiger partial charge >= 0.3 is 0 Å². The van der Waals surface area contributed by atoms with Crippen molar-refractivity contribution in [1.82, 2.24) is 9.97 Å². The standard InChI is InChI=1S/C22H20FN5O2/c23-13-7-8-14-15(12-19(29)24-18(14)11-13)22(30)27-20-21(28-9-3-4-10-28)26-17-6-2-1-5-16(17)25-20/h1-2,5-8,11,15H,3-4,9-10,12H2,(H,24,29)(H,25,27,30)/t15-/m0/s1. The van der Waals surface area contributed by atoms with Crippen LogP contribution in [0.3, 0.4) is 0 Å². The van der Waals surface area contributed by atoms with E-state index in [1.165, 1.54) is 12.1 Å². The lowest BCUT2D eigenvalue weighted by atomic mass is 9.89. The molecule has 1 atom stereocenters. The Morgan fingerprint density at radius 2 is 1.83 bits per heavy atom. The van der Waals surface area contributed by atoms with Gasteiger partial charge in [0.05, 0.1) is 17.0 Å². The van der Waals surface area contributed by atoms with E-state index in [4.69, 9.17) is 4.98 Å². The lowest BCUT2D eigenvalue weighted by Gasteiger charge is -2.26. The first-order valence-electron chi connectivity index (χ1n) is 10.0. The fraction of sp³-hybridized carbons (Fsp3) is 0.273. The van der Waals surface area contributed by atoms with Gasteiger partial charge in [-0.05, 0) is 42.7 Å². The molecule has 3 aromatic rings. The van der Waals surface area contributed by atoms with Crippen molar-refractivity contribution in [2.45, 2.75) is 25.2 Å². The van der Waals surface area contributed by atoms with Crippen LogP contribution in [0.5, 0.6) is 0 Å². The molecule has 0 aliphatic carbocycles. The van der Waals surface area contributed by atoms with Crippen molar-refractivity contribution in [2.24, 2.45) is 0 Å². The van der Waals surface area contributed by atoms with Crippen molar-refractivity contribution in [3.63, 3.8) is 0 Å². The molecule has 30 heavy (non-hydrogen) atoms. The normalized spacial score (nSPS) is 18.2. The average molecular weight is 405 g/mol. The van der Waals surface area contributed by atoms with Crippen LogP contribution in [0.1, 0.15) is 30.7 Å². The predicted molar refractivity (Wildman–Crippen MR) is 112 cm³/mol. The van der Waals surface area contributed by atoms with Crippen LogP contribution in [0.2, 0.25) is 0 Å². The summed E-state index contributed by atoms with van der Waals surface area (Å²) < 4.78 is 13.6. The number of rotatable bonds is 3. The number of anilines is 3. The van der Waals surface area contributed by atoms with Gasteiger partial charge in [-0.25, -0.2) is 14.4 Å². The van der Waals surface area contributed by atoms with Gasteiger partial charge in [-0.15, -0.1) is 0 Å². The summed E-state index contributed by atoms with van der Waals surface area (Å²) in [7, 11) is 0. The van der Waals surface area contributed by atoms with Gasteiger partial charge in [-0.3, -0.25) is 9.59 Å². The maximum absolute atomic E-state index is 13.6. The van der Waals surface area contributed by atoms with E-state index in [1.54, 1.807) is 6.07 Å². The number of benzene rings is 2. The Labute approximate surface area is 172 Å². The molecule has 2 N–H and O–H groups in total. The SMILES string of the molecule is O=C1C[C@H](C(=O)Nc2nc3ccccc3nc2N2CCCC2)c2ccc(F)cc2N1. The zero-order chi connectivity index (χ0) is 20.7. The Balaban J connectivity index is 1.52. The summed E-state index contributed by atoms with van der Waals surface area (Å²) in [5.41, 5.74) is 2.36. The Bertz CT molecular complexity index is 1160. The van der Waals surface area contributed by atoms with Crippen molar-refractivity contribution < 1.29 is 14.0 Å². The van der Waals surface area contributed by atoms with Crippen LogP contribution in [-0.4, -0.2) is 34.9 Å². The fourth-order valence-electron chi connectivity index (χ4n) is 4.10. The van der Waals surface area contributed by atoms with Crippen LogP contribution in [-0.2, 0) is 9.59 Å². The van der Waals surface area contributed by atoms with E-state index in [0.717, 1.165) is 31.4 Å². The molecule has 8 heteroatoms. The van der Waals surface area contributed by atoms with E-state index < -0.39 is 11.7 Å². The summed E-state index contributed by atoms with van der Waals surface area (Å²) in [4.78, 5) is 36.8. The number of halogens is 1. The van der Waals surface area contributed by atoms with E-state index in [-0.39, 0.29) is 18.2 Å². The largest absolute Gasteiger partial charge is 0.354 e. The van der Waals surface area contributed by atoms with E-state index in [1.807, 2.05) is 24.3 Å². The first-order valence-corrected chi connectivity index (χ1v) is 10.0. The molecule has 0 bridgehead atoms. The summed E-state index contributed by atoms with van der Waals surface area (Å²) in [5.74, 6) is -0.851. The Kier molecular flexibility index (Phi) is 4.54. The Morgan fingerprint density at radius 3 is 2.60 bits per heavy atom. The highest BCUT2D eigenvalue weighted by atomic mass is 19.1. The van der Waals surface area contributed by atoms with E-state index in [0.29, 0.717) is 28.4 Å². The molecular formula is C22H20FN5O2. The second-order valence-corrected chi connectivity index (χ2v) is 7.60. The first kappa shape index (κ1) is 18.5. The highest BCUT2D eigenvalue weighted by molar-refractivity contribution is 6.05. The van der Waals surface area contributed by atoms with Gasteiger partial charge in [0.25, 0.3) is 0 Å². The molecule has 1 fully saturated rings. The maximum atomic E-state index is 13.6. The van der Waals surface area contributed by atoms with Crippen LogP contribution in [0, 0.1) is 5.82 Å². The zero-order valence-electron chi connectivity index (χ0n) is 16.2. The molecule has 2 amide bonds. The minimum atomic E-state index is -0.728. The van der Waals surface area contributed by atoms with Crippen LogP contribution >= 0.6 is 0 Å². The third kappa shape index (κ3) is 3.34. The van der Waals surface area contributed by atoms with Crippen molar-refractivity contribution in [3.05, 3.63) is 53.8 Å². The molecule has 7 nitrogen and oxygen atoms in total. The molecule has 0 saturated carbocycles. The maximum Gasteiger partial charge on any atom is 0.233 e.